The fraction of sp³-hybridized carbons (Fsp3) is 0.722. The van der Waals surface area contributed by atoms with Crippen molar-refractivity contribution in [2.24, 2.45) is 10.9 Å². The van der Waals surface area contributed by atoms with E-state index in [1.54, 1.807) is 0 Å². The lowest BCUT2D eigenvalue weighted by atomic mass is 9.98. The Bertz CT molecular complexity index is 285. The minimum atomic E-state index is -0.212. The lowest BCUT2D eigenvalue weighted by Crippen LogP contribution is -2.16. The Morgan fingerprint density at radius 3 is 2.38 bits per heavy atom. The average molecular weight is 296 g/mol. The van der Waals surface area contributed by atoms with E-state index in [2.05, 4.69) is 56.9 Å². The van der Waals surface area contributed by atoms with Crippen LogP contribution in [0.2, 0.25) is 0 Å². The van der Waals surface area contributed by atoms with Crippen molar-refractivity contribution >= 4 is 6.72 Å². The molecule has 0 aromatic rings. The summed E-state index contributed by atoms with van der Waals surface area (Å²) in [7, 11) is 1.90. The van der Waals surface area contributed by atoms with Gasteiger partial charge in [0.25, 0.3) is 0 Å². The molecule has 21 heavy (non-hydrogen) atoms. The molecule has 0 spiro atoms. The van der Waals surface area contributed by atoms with E-state index in [1.807, 2.05) is 13.2 Å². The summed E-state index contributed by atoms with van der Waals surface area (Å²) in [5.74, 6) is 0.501. The third-order valence-electron chi connectivity index (χ3n) is 3.13. The van der Waals surface area contributed by atoms with Crippen LogP contribution in [0.1, 0.15) is 59.8 Å². The highest BCUT2D eigenvalue weighted by Gasteiger charge is 2.03. The molecule has 2 atom stereocenters. The van der Waals surface area contributed by atoms with E-state index in [1.165, 1.54) is 12.0 Å². The number of allylic oxidation sites excluding steroid dienone is 3. The second-order valence-electron chi connectivity index (χ2n) is 5.35. The normalized spacial score (nSPS) is 14.5. The summed E-state index contributed by atoms with van der Waals surface area (Å²) in [6.45, 7) is 13.0. The van der Waals surface area contributed by atoms with Crippen LogP contribution in [-0.4, -0.2) is 31.5 Å². The minimum Gasteiger partial charge on any atom is -0.393 e. The second kappa shape index (κ2) is 17.1. The van der Waals surface area contributed by atoms with Gasteiger partial charge < -0.3 is 10.4 Å². The van der Waals surface area contributed by atoms with Crippen LogP contribution in [0.15, 0.2) is 28.9 Å². The molecule has 0 heterocycles. The molecule has 0 saturated heterocycles. The number of aliphatic hydroxyl groups excluding tert-OH is 1. The summed E-state index contributed by atoms with van der Waals surface area (Å²) in [6, 6.07) is 0. The quantitative estimate of drug-likeness (QED) is 0.465. The molecule has 0 aromatic carbocycles. The molecule has 0 aliphatic carbocycles. The molecule has 0 aliphatic rings. The van der Waals surface area contributed by atoms with Crippen LogP contribution in [0.25, 0.3) is 0 Å². The third-order valence-corrected chi connectivity index (χ3v) is 3.13. The van der Waals surface area contributed by atoms with Crippen molar-refractivity contribution < 1.29 is 5.11 Å². The first-order valence-electron chi connectivity index (χ1n) is 8.22. The van der Waals surface area contributed by atoms with Gasteiger partial charge in [0.2, 0.25) is 0 Å². The first-order valence-corrected chi connectivity index (χ1v) is 8.22. The van der Waals surface area contributed by atoms with Crippen LogP contribution in [0.3, 0.4) is 0 Å². The summed E-state index contributed by atoms with van der Waals surface area (Å²) < 4.78 is 0. The van der Waals surface area contributed by atoms with Crippen molar-refractivity contribution in [2.45, 2.75) is 65.9 Å². The zero-order chi connectivity index (χ0) is 16.5. The van der Waals surface area contributed by atoms with Crippen LogP contribution < -0.4 is 5.32 Å². The number of hydrogen-bond donors (Lipinski definition) is 2. The Morgan fingerprint density at radius 2 is 1.90 bits per heavy atom. The van der Waals surface area contributed by atoms with Crippen LogP contribution in [0, 0.1) is 5.92 Å². The van der Waals surface area contributed by atoms with E-state index in [0.29, 0.717) is 5.92 Å². The van der Waals surface area contributed by atoms with E-state index >= 15 is 0 Å². The van der Waals surface area contributed by atoms with Crippen molar-refractivity contribution in [1.82, 2.24) is 5.32 Å². The molecule has 3 heteroatoms. The molecule has 0 rings (SSSR count). The van der Waals surface area contributed by atoms with Crippen LogP contribution in [0.5, 0.6) is 0 Å². The molecule has 2 unspecified atom stereocenters. The summed E-state index contributed by atoms with van der Waals surface area (Å²) in [6.07, 6.45) is 10.7. The number of nitrogens with zero attached hydrogens (tertiary/aromatic N) is 1. The Labute approximate surface area is 132 Å². The molecule has 124 valence electrons. The molecule has 0 aliphatic heterocycles. The molecule has 0 amide bonds. The van der Waals surface area contributed by atoms with Crippen molar-refractivity contribution in [3.63, 3.8) is 0 Å². The second-order valence-corrected chi connectivity index (χ2v) is 5.35. The van der Waals surface area contributed by atoms with Gasteiger partial charge in [-0.05, 0) is 57.5 Å². The van der Waals surface area contributed by atoms with E-state index in [-0.39, 0.29) is 6.10 Å². The monoisotopic (exact) mass is 296 g/mol. The van der Waals surface area contributed by atoms with Crippen LogP contribution in [-0.2, 0) is 0 Å². The first kappa shape index (κ1) is 22.4. The number of aliphatic hydroxyl groups is 1. The Hall–Kier alpha value is -0.930. The van der Waals surface area contributed by atoms with E-state index in [9.17, 15) is 5.11 Å². The van der Waals surface area contributed by atoms with E-state index in [0.717, 1.165) is 32.2 Å². The van der Waals surface area contributed by atoms with Gasteiger partial charge in [-0.25, -0.2) is 0 Å². The molecule has 0 bridgehead atoms. The standard InChI is InChI=1S/C15H28N2O.C3H8/c1-5-13(2)14(12-17-4)8-6-7-9-15(18)10-11-16-3;1-3-2/h6,8,12-13,15-16,18H,4-5,7,9-11H2,1-3H3;3H2,1-2H3/b8-6-,14-12+;. The van der Waals surface area contributed by atoms with Gasteiger partial charge in [-0.3, -0.25) is 4.99 Å². The van der Waals surface area contributed by atoms with Crippen molar-refractivity contribution in [3.05, 3.63) is 23.9 Å². The number of nitrogens with one attached hydrogen (secondary N) is 1. The van der Waals surface area contributed by atoms with Crippen molar-refractivity contribution in [2.75, 3.05) is 13.6 Å². The summed E-state index contributed by atoms with van der Waals surface area (Å²) in [5, 5.41) is 12.7. The zero-order valence-corrected chi connectivity index (χ0v) is 14.7. The predicted molar refractivity (Wildman–Crippen MR) is 96.0 cm³/mol. The zero-order valence-electron chi connectivity index (χ0n) is 14.7. The molecular weight excluding hydrogens is 260 g/mol. The lowest BCUT2D eigenvalue weighted by Gasteiger charge is -2.10. The van der Waals surface area contributed by atoms with Gasteiger partial charge in [-0.15, -0.1) is 0 Å². The topological polar surface area (TPSA) is 44.6 Å². The predicted octanol–water partition coefficient (Wildman–Crippen LogP) is 4.34. The summed E-state index contributed by atoms with van der Waals surface area (Å²) >= 11 is 0. The van der Waals surface area contributed by atoms with E-state index < -0.39 is 0 Å². The SMILES string of the molecule is C=N/C=C(\C=C/CCC(O)CCNC)C(C)CC.CCC. The molecular formula is C18H36N2O. The van der Waals surface area contributed by atoms with Crippen molar-refractivity contribution in [1.29, 1.82) is 0 Å². The van der Waals surface area contributed by atoms with Gasteiger partial charge in [0.15, 0.2) is 0 Å². The Balaban J connectivity index is 0. The smallest absolute Gasteiger partial charge is 0.0555 e. The Kier molecular flexibility index (Phi) is 18.2. The van der Waals surface area contributed by atoms with Gasteiger partial charge in [-0.2, -0.15) is 0 Å². The van der Waals surface area contributed by atoms with Gasteiger partial charge in [0, 0.05) is 6.20 Å². The fourth-order valence-electron chi connectivity index (χ4n) is 1.64. The van der Waals surface area contributed by atoms with Crippen LogP contribution >= 0.6 is 0 Å². The number of rotatable bonds is 10. The van der Waals surface area contributed by atoms with Gasteiger partial charge in [0.05, 0.1) is 6.10 Å². The lowest BCUT2D eigenvalue weighted by molar-refractivity contribution is 0.156. The Morgan fingerprint density at radius 1 is 1.29 bits per heavy atom. The first-order chi connectivity index (χ1) is 10.1. The fourth-order valence-corrected chi connectivity index (χ4v) is 1.64. The molecule has 3 nitrogen and oxygen atoms in total. The molecule has 0 fully saturated rings. The minimum absolute atomic E-state index is 0.212. The molecule has 0 saturated carbocycles. The van der Waals surface area contributed by atoms with Gasteiger partial charge >= 0.3 is 0 Å². The summed E-state index contributed by atoms with van der Waals surface area (Å²) in [5.41, 5.74) is 1.21. The number of aliphatic imine (C=N–C) groups is 1. The maximum atomic E-state index is 9.69. The molecule has 2 N–H and O–H groups in total. The average Bonchev–Trinajstić information content (AvgIpc) is 2.48. The van der Waals surface area contributed by atoms with Gasteiger partial charge in [-0.1, -0.05) is 46.3 Å². The number of hydrogen-bond acceptors (Lipinski definition) is 3. The van der Waals surface area contributed by atoms with Gasteiger partial charge in [0.1, 0.15) is 0 Å². The largest absolute Gasteiger partial charge is 0.393 e. The van der Waals surface area contributed by atoms with Crippen molar-refractivity contribution in [3.8, 4) is 0 Å². The highest BCUT2D eigenvalue weighted by atomic mass is 16.3. The maximum absolute atomic E-state index is 9.69. The highest BCUT2D eigenvalue weighted by Crippen LogP contribution is 2.16. The highest BCUT2D eigenvalue weighted by molar-refractivity contribution is 5.29. The molecule has 0 radical (unpaired) electrons. The molecule has 0 aromatic heterocycles. The summed E-state index contributed by atoms with van der Waals surface area (Å²) in [4.78, 5) is 3.84. The maximum Gasteiger partial charge on any atom is 0.0555 e. The van der Waals surface area contributed by atoms with Crippen LogP contribution in [0.4, 0.5) is 0 Å². The van der Waals surface area contributed by atoms with E-state index in [4.69, 9.17) is 0 Å². The third kappa shape index (κ3) is 15.3.